The number of ether oxygens (including phenoxy) is 2. The third-order valence-electron chi connectivity index (χ3n) is 4.61. The van der Waals surface area contributed by atoms with Crippen molar-refractivity contribution in [3.05, 3.63) is 50.9 Å². The van der Waals surface area contributed by atoms with Gasteiger partial charge in [-0.2, -0.15) is 0 Å². The van der Waals surface area contributed by atoms with E-state index in [1.165, 1.54) is 0 Å². The normalized spacial score (nSPS) is 24.2. The predicted octanol–water partition coefficient (Wildman–Crippen LogP) is 4.99. The molecule has 0 radical (unpaired) electrons. The van der Waals surface area contributed by atoms with Crippen molar-refractivity contribution in [3.63, 3.8) is 0 Å². The number of carbonyl (C=O) groups excluding carboxylic acids is 1. The molecule has 0 unspecified atom stereocenters. The summed E-state index contributed by atoms with van der Waals surface area (Å²) >= 11 is 6.92. The van der Waals surface area contributed by atoms with E-state index in [9.17, 15) is 4.79 Å². The van der Waals surface area contributed by atoms with E-state index < -0.39 is 5.72 Å². The fourth-order valence-electron chi connectivity index (χ4n) is 3.53. The van der Waals surface area contributed by atoms with Crippen LogP contribution in [0, 0.1) is 0 Å². The molecule has 25 heavy (non-hydrogen) atoms. The number of rotatable bonds is 2. The molecule has 2 heterocycles. The second-order valence-corrected chi connectivity index (χ2v) is 8.15. The molecular formula is C18H16Br2N2O3. The first kappa shape index (κ1) is 16.7. The lowest BCUT2D eigenvalue weighted by molar-refractivity contribution is 0.0349. The number of nitrogens with zero attached hydrogens (tertiary/aromatic N) is 1. The summed E-state index contributed by atoms with van der Waals surface area (Å²) in [7, 11) is 1.61. The maximum Gasteiger partial charge on any atom is 0.325 e. The van der Waals surface area contributed by atoms with Crippen LogP contribution in [0.1, 0.15) is 24.9 Å². The smallest absolute Gasteiger partial charge is 0.325 e. The molecule has 5 nitrogen and oxygen atoms in total. The predicted molar refractivity (Wildman–Crippen MR) is 102 cm³/mol. The van der Waals surface area contributed by atoms with Crippen molar-refractivity contribution in [2.24, 2.45) is 0 Å². The molecule has 2 amide bonds. The molecule has 7 heteroatoms. The molecule has 2 aliphatic rings. The second kappa shape index (κ2) is 5.92. The Labute approximate surface area is 162 Å². The minimum atomic E-state index is -0.797. The summed E-state index contributed by atoms with van der Waals surface area (Å²) in [5.41, 5.74) is 0.906. The first-order valence-corrected chi connectivity index (χ1v) is 9.42. The monoisotopic (exact) mass is 466 g/mol. The van der Waals surface area contributed by atoms with Crippen molar-refractivity contribution in [3.8, 4) is 11.5 Å². The van der Waals surface area contributed by atoms with Crippen LogP contribution in [-0.4, -0.2) is 18.9 Å². The molecule has 4 rings (SSSR count). The van der Waals surface area contributed by atoms with E-state index in [2.05, 4.69) is 37.2 Å². The highest BCUT2D eigenvalue weighted by molar-refractivity contribution is 9.10. The number of halogens is 2. The van der Waals surface area contributed by atoms with Gasteiger partial charge >= 0.3 is 6.03 Å². The van der Waals surface area contributed by atoms with E-state index in [1.807, 2.05) is 43.3 Å². The van der Waals surface area contributed by atoms with Crippen LogP contribution in [0.25, 0.3) is 0 Å². The number of hydrogen-bond acceptors (Lipinski definition) is 3. The van der Waals surface area contributed by atoms with Gasteiger partial charge in [0.15, 0.2) is 17.2 Å². The Morgan fingerprint density at radius 1 is 1.24 bits per heavy atom. The van der Waals surface area contributed by atoms with E-state index in [-0.39, 0.29) is 12.1 Å². The minimum absolute atomic E-state index is 0.126. The molecule has 0 aliphatic carbocycles. The van der Waals surface area contributed by atoms with Crippen LogP contribution in [0.5, 0.6) is 11.5 Å². The van der Waals surface area contributed by atoms with Gasteiger partial charge in [-0.05, 0) is 43.3 Å². The lowest BCUT2D eigenvalue weighted by Crippen LogP contribution is -2.65. The molecular weight excluding hydrogens is 452 g/mol. The van der Waals surface area contributed by atoms with Gasteiger partial charge in [0, 0.05) is 26.6 Å². The zero-order valence-corrected chi connectivity index (χ0v) is 16.8. The fraction of sp³-hybridized carbons (Fsp3) is 0.278. The molecule has 0 aromatic heterocycles. The fourth-order valence-corrected chi connectivity index (χ4v) is 4.25. The summed E-state index contributed by atoms with van der Waals surface area (Å²) in [5, 5.41) is 3.09. The van der Waals surface area contributed by atoms with Gasteiger partial charge in [-0.1, -0.05) is 31.9 Å². The molecule has 2 aromatic carbocycles. The van der Waals surface area contributed by atoms with Crippen molar-refractivity contribution >= 4 is 43.6 Å². The molecule has 0 saturated carbocycles. The Morgan fingerprint density at radius 3 is 2.64 bits per heavy atom. The molecule has 2 bridgehead atoms. The number of hydrogen-bond donors (Lipinski definition) is 1. The highest BCUT2D eigenvalue weighted by Gasteiger charge is 2.50. The summed E-state index contributed by atoms with van der Waals surface area (Å²) in [6.45, 7) is 1.94. The van der Waals surface area contributed by atoms with Crippen molar-refractivity contribution in [1.29, 1.82) is 0 Å². The molecule has 0 spiro atoms. The number of urea groups is 1. The van der Waals surface area contributed by atoms with Gasteiger partial charge in [0.25, 0.3) is 0 Å². The maximum atomic E-state index is 12.8. The van der Waals surface area contributed by atoms with Crippen molar-refractivity contribution < 1.29 is 14.3 Å². The number of benzene rings is 2. The minimum Gasteiger partial charge on any atom is -0.493 e. The highest BCUT2D eigenvalue weighted by Crippen LogP contribution is 2.50. The summed E-state index contributed by atoms with van der Waals surface area (Å²) in [5.74, 6) is 1.32. The van der Waals surface area contributed by atoms with Crippen LogP contribution < -0.4 is 19.7 Å². The zero-order chi connectivity index (χ0) is 17.8. The van der Waals surface area contributed by atoms with Gasteiger partial charge < -0.3 is 14.8 Å². The Balaban J connectivity index is 1.82. The van der Waals surface area contributed by atoms with Crippen LogP contribution in [-0.2, 0) is 0 Å². The Morgan fingerprint density at radius 2 is 1.96 bits per heavy atom. The van der Waals surface area contributed by atoms with E-state index in [0.29, 0.717) is 17.9 Å². The number of carbonyl (C=O) groups is 1. The van der Waals surface area contributed by atoms with Crippen LogP contribution >= 0.6 is 31.9 Å². The highest BCUT2D eigenvalue weighted by atomic mass is 79.9. The van der Waals surface area contributed by atoms with Crippen molar-refractivity contribution in [1.82, 2.24) is 5.32 Å². The van der Waals surface area contributed by atoms with E-state index in [4.69, 9.17) is 9.47 Å². The quantitative estimate of drug-likeness (QED) is 0.676. The topological polar surface area (TPSA) is 50.8 Å². The SMILES string of the molecule is COc1cc(Br)cc2c1O[C@]1(C)C[C@H]2NC(=O)N1c1ccc(Br)cc1. The van der Waals surface area contributed by atoms with Crippen LogP contribution in [0.15, 0.2) is 45.3 Å². The largest absolute Gasteiger partial charge is 0.493 e. The Kier molecular flexibility index (Phi) is 3.96. The van der Waals surface area contributed by atoms with Gasteiger partial charge in [-0.3, -0.25) is 4.90 Å². The average molecular weight is 468 g/mol. The number of anilines is 1. The average Bonchev–Trinajstić information content (AvgIpc) is 2.56. The summed E-state index contributed by atoms with van der Waals surface area (Å²) in [6.07, 6.45) is 0.640. The molecule has 2 aliphatic heterocycles. The van der Waals surface area contributed by atoms with Crippen molar-refractivity contribution in [2.75, 3.05) is 12.0 Å². The standard InChI is InChI=1S/C18H16Br2N2O3/c1-18-9-14(13-7-11(20)8-15(24-2)16(13)25-18)21-17(23)22(18)12-5-3-10(19)4-6-12/h3-8,14H,9H2,1-2H3,(H,21,23)/t14-,18-/m1/s1. The number of methoxy groups -OCH3 is 1. The first-order valence-electron chi connectivity index (χ1n) is 7.84. The lowest BCUT2D eigenvalue weighted by Gasteiger charge is -2.50. The van der Waals surface area contributed by atoms with Crippen LogP contribution in [0.3, 0.4) is 0 Å². The molecule has 1 saturated heterocycles. The molecule has 2 atom stereocenters. The third kappa shape index (κ3) is 2.69. The van der Waals surface area contributed by atoms with Gasteiger partial charge in [0.2, 0.25) is 0 Å². The second-order valence-electron chi connectivity index (χ2n) is 6.32. The molecule has 2 aromatic rings. The maximum absolute atomic E-state index is 12.8. The Hall–Kier alpha value is -1.73. The number of amides is 2. The van der Waals surface area contributed by atoms with E-state index >= 15 is 0 Å². The lowest BCUT2D eigenvalue weighted by atomic mass is 9.90. The first-order chi connectivity index (χ1) is 11.9. The number of fused-ring (bicyclic) bond motifs is 4. The molecule has 1 N–H and O–H groups in total. The molecule has 130 valence electrons. The summed E-state index contributed by atoms with van der Waals surface area (Å²) in [6, 6.07) is 11.1. The van der Waals surface area contributed by atoms with E-state index in [1.54, 1.807) is 12.0 Å². The third-order valence-corrected chi connectivity index (χ3v) is 5.59. The van der Waals surface area contributed by atoms with E-state index in [0.717, 1.165) is 20.2 Å². The van der Waals surface area contributed by atoms with Crippen LogP contribution in [0.4, 0.5) is 10.5 Å². The number of nitrogens with one attached hydrogen (secondary N) is 1. The van der Waals surface area contributed by atoms with Gasteiger partial charge in [-0.25, -0.2) is 4.79 Å². The van der Waals surface area contributed by atoms with Gasteiger partial charge in [-0.15, -0.1) is 0 Å². The van der Waals surface area contributed by atoms with Gasteiger partial charge in [0.1, 0.15) is 0 Å². The summed E-state index contributed by atoms with van der Waals surface area (Å²) in [4.78, 5) is 14.5. The molecule has 1 fully saturated rings. The Bertz CT molecular complexity index is 856. The van der Waals surface area contributed by atoms with Crippen LogP contribution in [0.2, 0.25) is 0 Å². The zero-order valence-electron chi connectivity index (χ0n) is 13.7. The van der Waals surface area contributed by atoms with Crippen molar-refractivity contribution in [2.45, 2.75) is 25.1 Å². The van der Waals surface area contributed by atoms with Gasteiger partial charge in [0.05, 0.1) is 13.2 Å². The summed E-state index contributed by atoms with van der Waals surface area (Å²) < 4.78 is 13.7.